The lowest BCUT2D eigenvalue weighted by Gasteiger charge is -2.04. The van der Waals surface area contributed by atoms with Crippen molar-refractivity contribution < 1.29 is 9.18 Å². The van der Waals surface area contributed by atoms with Gasteiger partial charge in [-0.15, -0.1) is 11.8 Å². The topological polar surface area (TPSA) is 29.1 Å². The minimum atomic E-state index is -0.526. The molecule has 0 fully saturated rings. The Kier molecular flexibility index (Phi) is 5.00. The van der Waals surface area contributed by atoms with Crippen molar-refractivity contribution in [2.24, 2.45) is 0 Å². The number of carbonyl (C=O) groups is 1. The van der Waals surface area contributed by atoms with Gasteiger partial charge >= 0.3 is 0 Å². The Bertz CT molecular complexity index is 448. The van der Waals surface area contributed by atoms with Crippen LogP contribution in [-0.4, -0.2) is 12.5 Å². The molecular formula is C12H11BrFNO. The first-order valence-corrected chi connectivity index (χ1v) is 5.57. The van der Waals surface area contributed by atoms with Crippen LogP contribution in [0.1, 0.15) is 23.7 Å². The van der Waals surface area contributed by atoms with Crippen molar-refractivity contribution >= 4 is 21.8 Å². The maximum atomic E-state index is 13.3. The average molecular weight is 284 g/mol. The van der Waals surface area contributed by atoms with Crippen molar-refractivity contribution in [1.29, 1.82) is 0 Å². The van der Waals surface area contributed by atoms with Gasteiger partial charge in [-0.2, -0.15) is 0 Å². The fraction of sp³-hybridized carbons (Fsp3) is 0.250. The number of hydrogen-bond acceptors (Lipinski definition) is 1. The predicted octanol–water partition coefficient (Wildman–Crippen LogP) is 2.73. The molecule has 0 heterocycles. The van der Waals surface area contributed by atoms with Gasteiger partial charge < -0.3 is 5.32 Å². The van der Waals surface area contributed by atoms with Crippen molar-refractivity contribution in [3.63, 3.8) is 0 Å². The van der Waals surface area contributed by atoms with Gasteiger partial charge in [0, 0.05) is 17.4 Å². The Labute approximate surface area is 102 Å². The van der Waals surface area contributed by atoms with E-state index < -0.39 is 11.7 Å². The van der Waals surface area contributed by atoms with Crippen molar-refractivity contribution in [1.82, 2.24) is 5.32 Å². The quantitative estimate of drug-likeness (QED) is 0.671. The molecule has 0 unspecified atom stereocenters. The summed E-state index contributed by atoms with van der Waals surface area (Å²) < 4.78 is 14.0. The van der Waals surface area contributed by atoms with Gasteiger partial charge in [0.2, 0.25) is 0 Å². The normalized spacial score (nSPS) is 9.19. The largest absolute Gasteiger partial charge is 0.351 e. The van der Waals surface area contributed by atoms with Crippen LogP contribution in [-0.2, 0) is 0 Å². The van der Waals surface area contributed by atoms with Crippen molar-refractivity contribution in [3.05, 3.63) is 34.1 Å². The van der Waals surface area contributed by atoms with E-state index in [-0.39, 0.29) is 5.56 Å². The Hall–Kier alpha value is -1.34. The third-order valence-electron chi connectivity index (χ3n) is 1.89. The van der Waals surface area contributed by atoms with Crippen LogP contribution < -0.4 is 5.32 Å². The molecule has 0 spiro atoms. The van der Waals surface area contributed by atoms with Crippen molar-refractivity contribution in [2.75, 3.05) is 6.54 Å². The highest BCUT2D eigenvalue weighted by molar-refractivity contribution is 9.10. The molecule has 0 atom stereocenters. The smallest absolute Gasteiger partial charge is 0.254 e. The van der Waals surface area contributed by atoms with E-state index >= 15 is 0 Å². The Balaban J connectivity index is 2.64. The van der Waals surface area contributed by atoms with Crippen LogP contribution in [0.5, 0.6) is 0 Å². The summed E-state index contributed by atoms with van der Waals surface area (Å²) in [5.74, 6) is 4.59. The Morgan fingerprint density at radius 2 is 2.31 bits per heavy atom. The van der Waals surface area contributed by atoms with Crippen LogP contribution in [0.4, 0.5) is 4.39 Å². The highest BCUT2D eigenvalue weighted by Crippen LogP contribution is 2.15. The van der Waals surface area contributed by atoms with Gasteiger partial charge in [0.05, 0.1) is 5.56 Å². The SMILES string of the molecule is CC#CCCNC(=O)c1cc(Br)ccc1F. The summed E-state index contributed by atoms with van der Waals surface area (Å²) in [4.78, 5) is 11.6. The number of benzene rings is 1. The van der Waals surface area contributed by atoms with Crippen LogP contribution in [0.25, 0.3) is 0 Å². The lowest BCUT2D eigenvalue weighted by molar-refractivity contribution is 0.0950. The Morgan fingerprint density at radius 1 is 1.56 bits per heavy atom. The number of hydrogen-bond donors (Lipinski definition) is 1. The van der Waals surface area contributed by atoms with E-state index in [1.807, 2.05) is 0 Å². The number of nitrogens with one attached hydrogen (secondary N) is 1. The Morgan fingerprint density at radius 3 is 3.00 bits per heavy atom. The second kappa shape index (κ2) is 6.29. The van der Waals surface area contributed by atoms with Crippen molar-refractivity contribution in [3.8, 4) is 11.8 Å². The zero-order chi connectivity index (χ0) is 12.0. The summed E-state index contributed by atoms with van der Waals surface area (Å²) in [7, 11) is 0. The first-order chi connectivity index (χ1) is 7.65. The molecule has 0 bridgehead atoms. The fourth-order valence-electron chi connectivity index (χ4n) is 1.13. The maximum absolute atomic E-state index is 13.3. The predicted molar refractivity (Wildman–Crippen MR) is 64.5 cm³/mol. The highest BCUT2D eigenvalue weighted by Gasteiger charge is 2.10. The fourth-order valence-corrected chi connectivity index (χ4v) is 1.49. The summed E-state index contributed by atoms with van der Waals surface area (Å²) in [5, 5.41) is 2.60. The monoisotopic (exact) mass is 283 g/mol. The summed E-state index contributed by atoms with van der Waals surface area (Å²) in [5.41, 5.74) is 0.0406. The molecule has 0 saturated heterocycles. The molecule has 1 N–H and O–H groups in total. The molecule has 84 valence electrons. The summed E-state index contributed by atoms with van der Waals surface area (Å²) in [6.07, 6.45) is 0.567. The number of amides is 1. The lowest BCUT2D eigenvalue weighted by Crippen LogP contribution is -2.25. The van der Waals surface area contributed by atoms with Gasteiger partial charge in [-0.25, -0.2) is 4.39 Å². The van der Waals surface area contributed by atoms with Crippen molar-refractivity contribution in [2.45, 2.75) is 13.3 Å². The zero-order valence-electron chi connectivity index (χ0n) is 8.81. The third-order valence-corrected chi connectivity index (χ3v) is 2.38. The molecule has 1 aromatic rings. The summed E-state index contributed by atoms with van der Waals surface area (Å²) in [6.45, 7) is 2.15. The zero-order valence-corrected chi connectivity index (χ0v) is 10.4. The average Bonchev–Trinajstić information content (AvgIpc) is 2.27. The standard InChI is InChI=1S/C12H11BrFNO/c1-2-3-4-7-15-12(16)10-8-9(13)5-6-11(10)14/h5-6,8H,4,7H2,1H3,(H,15,16). The van der Waals surface area contributed by atoms with Gasteiger partial charge in [-0.1, -0.05) is 15.9 Å². The van der Waals surface area contributed by atoms with Gasteiger partial charge in [0.25, 0.3) is 5.91 Å². The van der Waals surface area contributed by atoms with E-state index in [0.29, 0.717) is 17.4 Å². The number of carbonyl (C=O) groups excluding carboxylic acids is 1. The molecule has 1 aromatic carbocycles. The molecule has 0 aliphatic carbocycles. The number of rotatable bonds is 3. The molecule has 2 nitrogen and oxygen atoms in total. The third kappa shape index (κ3) is 3.67. The second-order valence-corrected chi connectivity index (χ2v) is 3.97. The molecular weight excluding hydrogens is 273 g/mol. The summed E-state index contributed by atoms with van der Waals surface area (Å²) >= 11 is 3.19. The summed E-state index contributed by atoms with van der Waals surface area (Å²) in [6, 6.07) is 4.26. The minimum Gasteiger partial charge on any atom is -0.351 e. The first-order valence-electron chi connectivity index (χ1n) is 4.78. The molecule has 0 aromatic heterocycles. The van der Waals surface area contributed by atoms with E-state index in [1.165, 1.54) is 12.1 Å². The molecule has 4 heteroatoms. The van der Waals surface area contributed by atoms with Crippen LogP contribution in [0.2, 0.25) is 0 Å². The lowest BCUT2D eigenvalue weighted by atomic mass is 10.2. The van der Waals surface area contributed by atoms with Gasteiger partial charge in [0.1, 0.15) is 5.82 Å². The van der Waals surface area contributed by atoms with E-state index in [0.717, 1.165) is 0 Å². The molecule has 1 rings (SSSR count). The molecule has 0 saturated carbocycles. The van der Waals surface area contributed by atoms with E-state index in [2.05, 4.69) is 33.1 Å². The van der Waals surface area contributed by atoms with Crippen LogP contribution in [0.15, 0.2) is 22.7 Å². The molecule has 16 heavy (non-hydrogen) atoms. The van der Waals surface area contributed by atoms with Crippen LogP contribution in [0, 0.1) is 17.7 Å². The van der Waals surface area contributed by atoms with Crippen LogP contribution >= 0.6 is 15.9 Å². The molecule has 1 amide bonds. The second-order valence-electron chi connectivity index (χ2n) is 3.06. The molecule has 0 aliphatic rings. The van der Waals surface area contributed by atoms with E-state index in [1.54, 1.807) is 13.0 Å². The van der Waals surface area contributed by atoms with Gasteiger partial charge in [0.15, 0.2) is 0 Å². The number of halogens is 2. The molecule has 0 aliphatic heterocycles. The molecule has 0 radical (unpaired) electrons. The first kappa shape index (κ1) is 12.7. The van der Waals surface area contributed by atoms with Gasteiger partial charge in [-0.05, 0) is 25.1 Å². The highest BCUT2D eigenvalue weighted by atomic mass is 79.9. The minimum absolute atomic E-state index is 0.0406. The van der Waals surface area contributed by atoms with Gasteiger partial charge in [-0.3, -0.25) is 4.79 Å². The van der Waals surface area contributed by atoms with E-state index in [9.17, 15) is 9.18 Å². The van der Waals surface area contributed by atoms with E-state index in [4.69, 9.17) is 0 Å². The maximum Gasteiger partial charge on any atom is 0.254 e. The van der Waals surface area contributed by atoms with Crippen LogP contribution in [0.3, 0.4) is 0 Å².